The van der Waals surface area contributed by atoms with Crippen molar-refractivity contribution in [1.82, 2.24) is 10.2 Å². The Labute approximate surface area is 130 Å². The van der Waals surface area contributed by atoms with Crippen LogP contribution in [0.3, 0.4) is 0 Å². The number of piperidine rings is 1. The maximum absolute atomic E-state index is 5.89. The molecule has 1 aliphatic heterocycles. The third-order valence-corrected chi connectivity index (χ3v) is 4.53. The predicted octanol–water partition coefficient (Wildman–Crippen LogP) is 3.96. The van der Waals surface area contributed by atoms with E-state index in [4.69, 9.17) is 4.42 Å². The topological polar surface area (TPSA) is 28.4 Å². The minimum Gasteiger partial charge on any atom is -0.465 e. The van der Waals surface area contributed by atoms with E-state index < -0.39 is 0 Å². The quantitative estimate of drug-likeness (QED) is 0.860. The molecule has 0 unspecified atom stereocenters. The van der Waals surface area contributed by atoms with Crippen LogP contribution in [0.1, 0.15) is 57.6 Å². The van der Waals surface area contributed by atoms with Gasteiger partial charge >= 0.3 is 0 Å². The number of aryl methyl sites for hydroxylation is 1. The highest BCUT2D eigenvalue weighted by Crippen LogP contribution is 2.30. The Morgan fingerprint density at radius 1 is 1.29 bits per heavy atom. The molecule has 0 atom stereocenters. The van der Waals surface area contributed by atoms with Crippen molar-refractivity contribution >= 4 is 0 Å². The maximum atomic E-state index is 5.89. The molecular formula is C18H32N2O. The highest BCUT2D eigenvalue weighted by atomic mass is 16.3. The zero-order valence-corrected chi connectivity index (χ0v) is 14.5. The molecular weight excluding hydrogens is 260 g/mol. The fourth-order valence-corrected chi connectivity index (χ4v) is 2.87. The van der Waals surface area contributed by atoms with E-state index in [1.165, 1.54) is 31.5 Å². The van der Waals surface area contributed by atoms with Gasteiger partial charge in [-0.2, -0.15) is 0 Å². The molecule has 2 rings (SSSR count). The van der Waals surface area contributed by atoms with Crippen molar-refractivity contribution in [3.05, 3.63) is 23.2 Å². The summed E-state index contributed by atoms with van der Waals surface area (Å²) >= 11 is 0. The highest BCUT2D eigenvalue weighted by molar-refractivity contribution is 5.20. The number of nitrogens with one attached hydrogen (secondary N) is 1. The Bertz CT molecular complexity index is 438. The smallest absolute Gasteiger partial charge is 0.118 e. The molecule has 0 aromatic carbocycles. The van der Waals surface area contributed by atoms with E-state index in [1.807, 2.05) is 0 Å². The lowest BCUT2D eigenvalue weighted by atomic mass is 9.82. The maximum Gasteiger partial charge on any atom is 0.118 e. The molecule has 0 aliphatic carbocycles. The zero-order chi connectivity index (χ0) is 15.5. The summed E-state index contributed by atoms with van der Waals surface area (Å²) in [5.74, 6) is 2.83. The second-order valence-corrected chi connectivity index (χ2v) is 7.76. The summed E-state index contributed by atoms with van der Waals surface area (Å²) in [6, 6.07) is 2.24. The zero-order valence-electron chi connectivity index (χ0n) is 14.5. The van der Waals surface area contributed by atoms with Crippen LogP contribution < -0.4 is 5.32 Å². The van der Waals surface area contributed by atoms with Crippen LogP contribution in [-0.2, 0) is 13.1 Å². The molecule has 0 bridgehead atoms. The van der Waals surface area contributed by atoms with Crippen LogP contribution in [0, 0.1) is 18.3 Å². The van der Waals surface area contributed by atoms with E-state index in [0.29, 0.717) is 11.3 Å². The molecule has 0 radical (unpaired) electrons. The van der Waals surface area contributed by atoms with E-state index in [0.717, 1.165) is 31.2 Å². The van der Waals surface area contributed by atoms with Crippen LogP contribution in [0.25, 0.3) is 0 Å². The van der Waals surface area contributed by atoms with Gasteiger partial charge in [-0.15, -0.1) is 0 Å². The van der Waals surface area contributed by atoms with Gasteiger partial charge in [0.25, 0.3) is 0 Å². The minimum absolute atomic E-state index is 0.522. The molecule has 0 spiro atoms. The number of hydrogen-bond acceptors (Lipinski definition) is 3. The Morgan fingerprint density at radius 2 is 1.95 bits per heavy atom. The van der Waals surface area contributed by atoms with Crippen molar-refractivity contribution < 1.29 is 4.42 Å². The van der Waals surface area contributed by atoms with Crippen molar-refractivity contribution in [3.8, 4) is 0 Å². The van der Waals surface area contributed by atoms with Crippen LogP contribution in [0.15, 0.2) is 10.5 Å². The number of likely N-dealkylation sites (tertiary alicyclic amines) is 1. The second kappa shape index (κ2) is 6.97. The lowest BCUT2D eigenvalue weighted by Crippen LogP contribution is -2.36. The molecule has 1 saturated heterocycles. The monoisotopic (exact) mass is 292 g/mol. The molecule has 2 heterocycles. The predicted molar refractivity (Wildman–Crippen MR) is 88.3 cm³/mol. The first-order valence-electron chi connectivity index (χ1n) is 8.37. The number of nitrogens with zero attached hydrogens (tertiary/aromatic N) is 1. The second-order valence-electron chi connectivity index (χ2n) is 7.76. The van der Waals surface area contributed by atoms with Gasteiger partial charge in [0.2, 0.25) is 0 Å². The van der Waals surface area contributed by atoms with Crippen LogP contribution in [0.4, 0.5) is 0 Å². The van der Waals surface area contributed by atoms with Crippen molar-refractivity contribution in [2.45, 2.75) is 60.5 Å². The van der Waals surface area contributed by atoms with Crippen molar-refractivity contribution in [2.24, 2.45) is 11.3 Å². The van der Waals surface area contributed by atoms with Gasteiger partial charge in [-0.3, -0.25) is 4.90 Å². The highest BCUT2D eigenvalue weighted by Gasteiger charge is 2.25. The lowest BCUT2D eigenvalue weighted by molar-refractivity contribution is 0.126. The third kappa shape index (κ3) is 5.15. The van der Waals surface area contributed by atoms with Gasteiger partial charge < -0.3 is 9.73 Å². The lowest BCUT2D eigenvalue weighted by Gasteiger charge is -2.36. The summed E-state index contributed by atoms with van der Waals surface area (Å²) in [4.78, 5) is 2.56. The average Bonchev–Trinajstić information content (AvgIpc) is 2.72. The van der Waals surface area contributed by atoms with Crippen LogP contribution in [0.2, 0.25) is 0 Å². The third-order valence-electron chi connectivity index (χ3n) is 4.53. The van der Waals surface area contributed by atoms with Gasteiger partial charge in [0.1, 0.15) is 11.5 Å². The van der Waals surface area contributed by atoms with Crippen molar-refractivity contribution in [3.63, 3.8) is 0 Å². The molecule has 21 heavy (non-hydrogen) atoms. The summed E-state index contributed by atoms with van der Waals surface area (Å²) in [6.45, 7) is 16.6. The molecule has 3 nitrogen and oxygen atoms in total. The van der Waals surface area contributed by atoms with Crippen molar-refractivity contribution in [2.75, 3.05) is 19.6 Å². The summed E-state index contributed by atoms with van der Waals surface area (Å²) in [7, 11) is 0. The van der Waals surface area contributed by atoms with E-state index >= 15 is 0 Å². The van der Waals surface area contributed by atoms with E-state index in [2.05, 4.69) is 50.9 Å². The molecule has 1 aromatic heterocycles. The molecule has 120 valence electrons. The Kier molecular flexibility index (Phi) is 5.50. The standard InChI is InChI=1S/C18H32N2O/c1-14(2)11-19-12-17-10-16(15(3)21-17)13-20-8-6-18(4,5)7-9-20/h10,14,19H,6-9,11-13H2,1-5H3. The first-order chi connectivity index (χ1) is 9.85. The van der Waals surface area contributed by atoms with Crippen LogP contribution in [-0.4, -0.2) is 24.5 Å². The van der Waals surface area contributed by atoms with Crippen LogP contribution in [0.5, 0.6) is 0 Å². The fraction of sp³-hybridized carbons (Fsp3) is 0.778. The van der Waals surface area contributed by atoms with Crippen LogP contribution >= 0.6 is 0 Å². The molecule has 0 amide bonds. The summed E-state index contributed by atoms with van der Waals surface area (Å²) in [6.07, 6.45) is 2.60. The van der Waals surface area contributed by atoms with Gasteiger partial charge in [-0.05, 0) is 56.8 Å². The van der Waals surface area contributed by atoms with Gasteiger partial charge in [0.15, 0.2) is 0 Å². The molecule has 0 saturated carbocycles. The number of hydrogen-bond donors (Lipinski definition) is 1. The fourth-order valence-electron chi connectivity index (χ4n) is 2.87. The Hall–Kier alpha value is -0.800. The van der Waals surface area contributed by atoms with E-state index in [-0.39, 0.29) is 0 Å². The molecule has 1 aromatic rings. The molecule has 1 N–H and O–H groups in total. The van der Waals surface area contributed by atoms with E-state index in [9.17, 15) is 0 Å². The molecule has 1 aliphatic rings. The summed E-state index contributed by atoms with van der Waals surface area (Å²) < 4.78 is 5.89. The van der Waals surface area contributed by atoms with E-state index in [1.54, 1.807) is 0 Å². The Morgan fingerprint density at radius 3 is 2.57 bits per heavy atom. The molecule has 1 fully saturated rings. The average molecular weight is 292 g/mol. The van der Waals surface area contributed by atoms with Crippen molar-refractivity contribution in [1.29, 1.82) is 0 Å². The normalized spacial score (nSPS) is 19.3. The van der Waals surface area contributed by atoms with Gasteiger partial charge in [-0.25, -0.2) is 0 Å². The summed E-state index contributed by atoms with van der Waals surface area (Å²) in [5, 5.41) is 3.45. The first-order valence-corrected chi connectivity index (χ1v) is 8.37. The first kappa shape index (κ1) is 16.6. The summed E-state index contributed by atoms with van der Waals surface area (Å²) in [5.41, 5.74) is 1.88. The number of rotatable bonds is 6. The Balaban J connectivity index is 1.85. The van der Waals surface area contributed by atoms with Gasteiger partial charge in [0.05, 0.1) is 6.54 Å². The number of furan rings is 1. The minimum atomic E-state index is 0.522. The van der Waals surface area contributed by atoms with Gasteiger partial charge in [0, 0.05) is 12.1 Å². The largest absolute Gasteiger partial charge is 0.465 e. The SMILES string of the molecule is Cc1oc(CNCC(C)C)cc1CN1CCC(C)(C)CC1. The molecule has 3 heteroatoms. The van der Waals surface area contributed by atoms with Gasteiger partial charge in [-0.1, -0.05) is 27.7 Å².